The molecule has 2 N–H and O–H groups in total. The van der Waals surface area contributed by atoms with E-state index in [1.807, 2.05) is 4.90 Å². The van der Waals surface area contributed by atoms with E-state index in [4.69, 9.17) is 10.5 Å². The van der Waals surface area contributed by atoms with Gasteiger partial charge in [-0.1, -0.05) is 0 Å². The number of amides is 2. The van der Waals surface area contributed by atoms with Crippen LogP contribution >= 0.6 is 0 Å². The van der Waals surface area contributed by atoms with E-state index in [9.17, 15) is 24.5 Å². The van der Waals surface area contributed by atoms with Gasteiger partial charge in [-0.25, -0.2) is 4.79 Å². The number of carbonyl (C=O) groups is 3. The molecule has 2 heterocycles. The zero-order valence-electron chi connectivity index (χ0n) is 16.7. The lowest BCUT2D eigenvalue weighted by Gasteiger charge is -2.33. The number of hydrogen-bond acceptors (Lipinski definition) is 7. The number of nitrogens with two attached hydrogens (primary N) is 1. The molecule has 10 heteroatoms. The van der Waals surface area contributed by atoms with E-state index in [1.165, 1.54) is 17.0 Å². The Hall–Kier alpha value is -3.17. The first-order valence-electron chi connectivity index (χ1n) is 10.2. The second kappa shape index (κ2) is 9.55. The van der Waals surface area contributed by atoms with Crippen molar-refractivity contribution in [2.75, 3.05) is 31.1 Å². The van der Waals surface area contributed by atoms with Crippen LogP contribution in [0.4, 0.5) is 11.4 Å². The lowest BCUT2D eigenvalue weighted by Crippen LogP contribution is -2.51. The van der Waals surface area contributed by atoms with Crippen LogP contribution in [-0.2, 0) is 14.3 Å². The Labute approximate surface area is 174 Å². The Bertz CT molecular complexity index is 837. The zero-order chi connectivity index (χ0) is 21.7. The van der Waals surface area contributed by atoms with E-state index in [0.29, 0.717) is 18.7 Å². The predicted molar refractivity (Wildman–Crippen MR) is 108 cm³/mol. The highest BCUT2D eigenvalue weighted by atomic mass is 16.6. The molecule has 2 saturated heterocycles. The van der Waals surface area contributed by atoms with Crippen LogP contribution in [0, 0.1) is 10.1 Å². The van der Waals surface area contributed by atoms with Crippen molar-refractivity contribution in [3.8, 4) is 0 Å². The summed E-state index contributed by atoms with van der Waals surface area (Å²) in [4.78, 5) is 50.6. The van der Waals surface area contributed by atoms with Gasteiger partial charge in [-0.05, 0) is 50.7 Å². The highest BCUT2D eigenvalue weighted by Crippen LogP contribution is 2.31. The molecule has 1 aromatic carbocycles. The first kappa shape index (κ1) is 21.5. The summed E-state index contributed by atoms with van der Waals surface area (Å²) in [6.45, 7) is 1.29. The van der Waals surface area contributed by atoms with Gasteiger partial charge in [-0.3, -0.25) is 19.7 Å². The van der Waals surface area contributed by atoms with Gasteiger partial charge in [-0.15, -0.1) is 0 Å². The van der Waals surface area contributed by atoms with Crippen molar-refractivity contribution < 1.29 is 24.0 Å². The third kappa shape index (κ3) is 4.87. The third-order valence-electron chi connectivity index (χ3n) is 5.58. The van der Waals surface area contributed by atoms with Gasteiger partial charge >= 0.3 is 5.97 Å². The van der Waals surface area contributed by atoms with Crippen LogP contribution in [0.25, 0.3) is 0 Å². The molecule has 2 aliphatic heterocycles. The quantitative estimate of drug-likeness (QED) is 0.421. The Morgan fingerprint density at radius 3 is 2.47 bits per heavy atom. The van der Waals surface area contributed by atoms with Crippen LogP contribution < -0.4 is 10.6 Å². The molecule has 2 fully saturated rings. The molecule has 0 spiro atoms. The molecule has 0 aliphatic carbocycles. The number of rotatable bonds is 6. The fourth-order valence-corrected chi connectivity index (χ4v) is 4.02. The molecule has 0 aromatic heterocycles. The van der Waals surface area contributed by atoms with Crippen molar-refractivity contribution in [3.05, 3.63) is 33.9 Å². The Morgan fingerprint density at radius 2 is 1.80 bits per heavy atom. The van der Waals surface area contributed by atoms with Gasteiger partial charge in [0.25, 0.3) is 11.6 Å². The van der Waals surface area contributed by atoms with Crippen LogP contribution in [0.5, 0.6) is 0 Å². The second-order valence-corrected chi connectivity index (χ2v) is 7.59. The molecule has 2 aliphatic rings. The molecule has 3 rings (SSSR count). The maximum absolute atomic E-state index is 12.4. The average Bonchev–Trinajstić information content (AvgIpc) is 2.77. The third-order valence-corrected chi connectivity index (χ3v) is 5.58. The first-order chi connectivity index (χ1) is 14.4. The van der Waals surface area contributed by atoms with Gasteiger partial charge in [0.15, 0.2) is 6.61 Å². The van der Waals surface area contributed by atoms with Gasteiger partial charge in [0, 0.05) is 25.7 Å². The maximum Gasteiger partial charge on any atom is 0.338 e. The van der Waals surface area contributed by atoms with Crippen molar-refractivity contribution in [3.63, 3.8) is 0 Å². The summed E-state index contributed by atoms with van der Waals surface area (Å²) in [7, 11) is 0. The van der Waals surface area contributed by atoms with Crippen molar-refractivity contribution in [1.29, 1.82) is 0 Å². The zero-order valence-corrected chi connectivity index (χ0v) is 16.7. The van der Waals surface area contributed by atoms with Crippen molar-refractivity contribution in [1.82, 2.24) is 4.90 Å². The largest absolute Gasteiger partial charge is 0.452 e. The SMILES string of the molecule is NC(=O)[C@H]1CCCCN1C(=O)COC(=O)c1ccc(N2CCCCC2)c([N+](=O)[O-])c1. The number of nitro groups is 1. The second-order valence-electron chi connectivity index (χ2n) is 7.59. The van der Waals surface area contributed by atoms with Crippen molar-refractivity contribution >= 4 is 29.2 Å². The number of ether oxygens (including phenoxy) is 1. The van der Waals surface area contributed by atoms with Crippen LogP contribution in [0.15, 0.2) is 18.2 Å². The highest BCUT2D eigenvalue weighted by molar-refractivity contribution is 5.94. The number of nitro benzene ring substituents is 1. The molecule has 0 bridgehead atoms. The molecule has 0 unspecified atom stereocenters. The summed E-state index contributed by atoms with van der Waals surface area (Å²) in [5, 5.41) is 11.5. The van der Waals surface area contributed by atoms with Gasteiger partial charge < -0.3 is 20.3 Å². The number of nitrogens with zero attached hydrogens (tertiary/aromatic N) is 3. The number of benzene rings is 1. The van der Waals surface area contributed by atoms with E-state index in [2.05, 4.69) is 0 Å². The summed E-state index contributed by atoms with van der Waals surface area (Å²) in [5.74, 6) is -1.92. The summed E-state index contributed by atoms with van der Waals surface area (Å²) in [5.41, 5.74) is 5.67. The standard InChI is InChI=1S/C20H26N4O6/c21-19(26)16-6-2-5-11-23(16)18(25)13-30-20(27)14-7-8-15(17(12-14)24(28)29)22-9-3-1-4-10-22/h7-8,12,16H,1-6,9-11,13H2,(H2,21,26)/t16-/m1/s1. The normalized spacial score (nSPS) is 19.3. The van der Waals surface area contributed by atoms with Crippen LogP contribution in [0.2, 0.25) is 0 Å². The van der Waals surface area contributed by atoms with Crippen molar-refractivity contribution in [2.24, 2.45) is 5.73 Å². The van der Waals surface area contributed by atoms with Gasteiger partial charge in [0.05, 0.1) is 10.5 Å². The Balaban J connectivity index is 1.67. The summed E-state index contributed by atoms with van der Waals surface area (Å²) < 4.78 is 5.07. The Kier molecular flexibility index (Phi) is 6.86. The number of esters is 1. The summed E-state index contributed by atoms with van der Waals surface area (Å²) in [6.07, 6.45) is 5.05. The lowest BCUT2D eigenvalue weighted by molar-refractivity contribution is -0.384. The topological polar surface area (TPSA) is 136 Å². The van der Waals surface area contributed by atoms with E-state index in [1.54, 1.807) is 6.07 Å². The van der Waals surface area contributed by atoms with E-state index < -0.39 is 35.4 Å². The monoisotopic (exact) mass is 418 g/mol. The molecule has 30 heavy (non-hydrogen) atoms. The predicted octanol–water partition coefficient (Wildman–Crippen LogP) is 1.61. The maximum atomic E-state index is 12.4. The molecular weight excluding hydrogens is 392 g/mol. The molecule has 1 atom stereocenters. The van der Waals surface area contributed by atoms with Crippen LogP contribution in [0.1, 0.15) is 48.9 Å². The smallest absolute Gasteiger partial charge is 0.338 e. The number of likely N-dealkylation sites (tertiary alicyclic amines) is 1. The summed E-state index contributed by atoms with van der Waals surface area (Å²) in [6, 6.07) is 3.51. The summed E-state index contributed by atoms with van der Waals surface area (Å²) >= 11 is 0. The molecule has 10 nitrogen and oxygen atoms in total. The minimum atomic E-state index is -0.829. The number of primary amides is 1. The van der Waals surface area contributed by atoms with E-state index in [-0.39, 0.29) is 11.3 Å². The molecular formula is C20H26N4O6. The Morgan fingerprint density at radius 1 is 1.10 bits per heavy atom. The van der Waals surface area contributed by atoms with E-state index in [0.717, 1.165) is 45.2 Å². The van der Waals surface area contributed by atoms with Crippen molar-refractivity contribution in [2.45, 2.75) is 44.6 Å². The highest BCUT2D eigenvalue weighted by Gasteiger charge is 2.31. The molecule has 2 amide bonds. The number of carbonyl (C=O) groups excluding carboxylic acids is 3. The number of anilines is 1. The number of piperidine rings is 2. The van der Waals surface area contributed by atoms with Gasteiger partial charge in [0.1, 0.15) is 11.7 Å². The molecule has 162 valence electrons. The minimum absolute atomic E-state index is 0.000329. The first-order valence-corrected chi connectivity index (χ1v) is 10.2. The van der Waals surface area contributed by atoms with E-state index >= 15 is 0 Å². The molecule has 0 radical (unpaired) electrons. The fourth-order valence-electron chi connectivity index (χ4n) is 4.02. The number of hydrogen-bond donors (Lipinski definition) is 1. The van der Waals surface area contributed by atoms with Crippen LogP contribution in [0.3, 0.4) is 0 Å². The minimum Gasteiger partial charge on any atom is -0.452 e. The molecule has 0 saturated carbocycles. The van der Waals surface area contributed by atoms with Gasteiger partial charge in [-0.2, -0.15) is 0 Å². The van der Waals surface area contributed by atoms with Gasteiger partial charge in [0.2, 0.25) is 5.91 Å². The lowest BCUT2D eigenvalue weighted by atomic mass is 10.0. The molecule has 1 aromatic rings. The van der Waals surface area contributed by atoms with Crippen LogP contribution in [-0.4, -0.2) is 59.9 Å². The fraction of sp³-hybridized carbons (Fsp3) is 0.550. The average molecular weight is 418 g/mol.